The number of nitrogen functional groups attached to an aromatic ring is 1. The van der Waals surface area contributed by atoms with Gasteiger partial charge in [0.1, 0.15) is 0 Å². The van der Waals surface area contributed by atoms with E-state index in [1.165, 1.54) is 66.7 Å². The van der Waals surface area contributed by atoms with E-state index in [-0.39, 0.29) is 53.6 Å². The molecule has 12 aromatic rings. The molecule has 0 bridgehead atoms. The minimum absolute atomic E-state index is 0.00375. The lowest BCUT2D eigenvalue weighted by molar-refractivity contribution is 0.122. The van der Waals surface area contributed by atoms with E-state index < -0.39 is 0 Å². The van der Waals surface area contributed by atoms with Crippen LogP contribution >= 0.6 is 117 Å². The van der Waals surface area contributed by atoms with Gasteiger partial charge in [-0.3, -0.25) is 19.2 Å². The number of fused-ring (bicyclic) bond motifs is 8. The predicted molar refractivity (Wildman–Crippen MR) is 548 cm³/mol. The number of morpholine rings is 4. The average molecular weight is 1980 g/mol. The monoisotopic (exact) mass is 1970 g/mol. The Kier molecular flexibility index (Phi) is 31.6. The summed E-state index contributed by atoms with van der Waals surface area (Å²) in [6.45, 7) is 19.4. The van der Waals surface area contributed by atoms with E-state index >= 15 is 0 Å². The molecule has 23 nitrogen and oxygen atoms in total. The maximum absolute atomic E-state index is 12.6. The van der Waals surface area contributed by atoms with Crippen LogP contribution in [0.2, 0.25) is 0 Å². The number of nitrogens with zero attached hydrogens (tertiary/aromatic N) is 5. The summed E-state index contributed by atoms with van der Waals surface area (Å²) >= 11 is 25.9. The molecule has 0 spiro atoms. The van der Waals surface area contributed by atoms with Crippen molar-refractivity contribution in [3.05, 3.63) is 236 Å². The summed E-state index contributed by atoms with van der Waals surface area (Å²) < 4.78 is 21.9. The van der Waals surface area contributed by atoms with Gasteiger partial charge in [-0.05, 0) is 153 Å². The predicted octanol–water partition coefficient (Wildman–Crippen LogP) is 19.5. The summed E-state index contributed by atoms with van der Waals surface area (Å²) in [5.74, 6) is 1.65. The van der Waals surface area contributed by atoms with E-state index in [4.69, 9.17) is 47.9 Å². The van der Waals surface area contributed by atoms with Gasteiger partial charge in [-0.2, -0.15) is 0 Å². The van der Waals surface area contributed by atoms with Gasteiger partial charge in [0.2, 0.25) is 22.2 Å². The summed E-state index contributed by atoms with van der Waals surface area (Å²) in [6, 6.07) is 65.3. The zero-order chi connectivity index (χ0) is 91.4. The second-order valence-corrected chi connectivity index (χ2v) is 42.7. The van der Waals surface area contributed by atoms with Crippen LogP contribution in [0.15, 0.2) is 292 Å². The molecular formula is C100H105Cl2N13O10S8. The standard InChI is InChI=1S/C30H36N4O3S2.C25H26ClN3O2S2.C24H24ClN3O3S2.C21H19N3O2S2/c1-20-4-3-9-33(17-20)18-22(19-35)31-21-7-8-26-28(14-21)38-27-6-2-5-24(30(27)39-26)25-15-23(16-29(36)32-25)34-10-12-37-13-11-34;1-2-16(15-26)27-17-6-7-21-23(12-17)32-22-5-3-4-19(25(22)33-21)20-13-18(14-24(30)28-20)29-8-10-31-11-9-29;25-13-16(14-29)26-15-4-5-20-22(10-15)32-21-3-1-2-18(24(21)33-20)19-11-17(12-23(30)27-19)28-6-8-31-9-7-28;22-13-4-5-17-19(10-13)27-18-3-1-2-15(21(18)28-17)16-11-14(12-20(25)23-16)24-6-8-26-9-7-24/h2,5-8,14-16,20,22,31,35H,3-4,9-13,17-19H2,1H3,(H,32,36);3-7,12-14,16,27H,2,8-11,15H2,1H3,(H,28,30);1-5,10-12,16,26,29H,6-9,13-14H2,(H,27,30);1-5,10-12H,6-9,22H2,(H,23,25). The van der Waals surface area contributed by atoms with E-state index in [1.54, 1.807) is 118 Å². The number of alkyl halides is 2. The molecule has 9 aliphatic heterocycles. The fourth-order valence-electron chi connectivity index (χ4n) is 17.3. The number of rotatable bonds is 21. The number of piperidine rings is 1. The third-order valence-electron chi connectivity index (χ3n) is 24.1. The van der Waals surface area contributed by atoms with Crippen LogP contribution in [-0.4, -0.2) is 203 Å². The highest BCUT2D eigenvalue weighted by molar-refractivity contribution is 8.06. The number of H-pyrrole nitrogens is 4. The molecule has 5 saturated heterocycles. The van der Waals surface area contributed by atoms with E-state index in [0.29, 0.717) is 64.6 Å². The van der Waals surface area contributed by atoms with E-state index in [9.17, 15) is 29.4 Å². The number of anilines is 8. The number of aliphatic hydroxyl groups excluding tert-OH is 2. The Labute approximate surface area is 817 Å². The van der Waals surface area contributed by atoms with Crippen LogP contribution in [0.5, 0.6) is 0 Å². The maximum atomic E-state index is 12.6. The molecule has 4 aromatic heterocycles. The number of benzene rings is 8. The zero-order valence-corrected chi connectivity index (χ0v) is 81.7. The molecule has 8 aromatic carbocycles. The number of aromatic amines is 4. The van der Waals surface area contributed by atoms with Crippen molar-refractivity contribution in [1.82, 2.24) is 24.8 Å². The van der Waals surface area contributed by atoms with E-state index in [1.807, 2.05) is 30.3 Å². The average Bonchev–Trinajstić information content (AvgIpc) is 0.778. The lowest BCUT2D eigenvalue weighted by atomic mass is 10.00. The van der Waals surface area contributed by atoms with Crippen molar-refractivity contribution < 1.29 is 29.2 Å². The van der Waals surface area contributed by atoms with Gasteiger partial charge in [-0.15, -0.1) is 23.2 Å². The first-order valence-corrected chi connectivity index (χ1v) is 52.5. The number of halogens is 2. The van der Waals surface area contributed by atoms with Gasteiger partial charge in [0.15, 0.2) is 0 Å². The lowest BCUT2D eigenvalue weighted by Gasteiger charge is -2.33. The second kappa shape index (κ2) is 44.5. The number of hydrogen-bond acceptors (Lipinski definition) is 27. The van der Waals surface area contributed by atoms with Crippen LogP contribution in [0.1, 0.15) is 33.1 Å². The first kappa shape index (κ1) is 94.4. The lowest BCUT2D eigenvalue weighted by Crippen LogP contribution is -2.43. The van der Waals surface area contributed by atoms with Crippen molar-refractivity contribution in [2.75, 3.05) is 191 Å². The second-order valence-electron chi connectivity index (χ2n) is 33.5. The van der Waals surface area contributed by atoms with Crippen LogP contribution < -0.4 is 63.5 Å². The van der Waals surface area contributed by atoms with E-state index in [2.05, 4.69) is 214 Å². The van der Waals surface area contributed by atoms with Crippen molar-refractivity contribution in [3.63, 3.8) is 0 Å². The molecule has 0 saturated carbocycles. The molecule has 9 aliphatic rings. The molecular weight excluding hydrogens is 1870 g/mol. The maximum Gasteiger partial charge on any atom is 0.250 e. The van der Waals surface area contributed by atoms with Crippen LogP contribution in [0.3, 0.4) is 0 Å². The molecule has 4 atom stereocenters. The summed E-state index contributed by atoms with van der Waals surface area (Å²) in [5.41, 5.74) is 20.7. The number of pyridine rings is 4. The van der Waals surface area contributed by atoms with Crippen LogP contribution in [0.4, 0.5) is 45.5 Å². The first-order chi connectivity index (χ1) is 65.0. The fraction of sp³-hybridized carbons (Fsp3) is 0.320. The van der Waals surface area contributed by atoms with Crippen LogP contribution in [0.25, 0.3) is 45.0 Å². The number of nitrogens with one attached hydrogen (secondary N) is 7. The van der Waals surface area contributed by atoms with Gasteiger partial charge >= 0.3 is 0 Å². The van der Waals surface area contributed by atoms with Crippen LogP contribution in [0, 0.1) is 5.92 Å². The smallest absolute Gasteiger partial charge is 0.250 e. The SMILES string of the molecule is CC1CCCN(CC(CO)Nc2ccc3c(c2)Sc2cccc(-c4cc(N5CCOCC5)cc(=O)[nH]4)c2S3)C1.CCC(CCl)Nc1ccc2c(c1)Sc1cccc(-c3cc(N4CCOCC4)cc(=O)[nH]3)c1S2.Nc1ccc2c(c1)Sc1cccc(-c3cc(N4CCOCC4)cc(=O)[nH]3)c1S2.O=c1cc(N2CCOCC2)cc(-c2cccc3c2Sc2ccc(NC(CO)CCl)cc2S3)[nH]1. The Morgan fingerprint density at radius 2 is 0.684 bits per heavy atom. The molecule has 692 valence electrons. The number of nitrogens with two attached hydrogens (primary N) is 1. The third-order valence-corrected chi connectivity index (χ3v) is 35.2. The highest BCUT2D eigenvalue weighted by Gasteiger charge is 2.31. The fourth-order valence-corrected chi connectivity index (χ4v) is 27.4. The molecule has 0 amide bonds. The Morgan fingerprint density at radius 1 is 0.376 bits per heavy atom. The Hall–Kier alpha value is -8.94. The molecule has 33 heteroatoms. The highest BCUT2D eigenvalue weighted by Crippen LogP contribution is 2.57. The Bertz CT molecular complexity index is 6230. The molecule has 11 N–H and O–H groups in total. The Balaban J connectivity index is 0.000000119. The largest absolute Gasteiger partial charge is 0.399 e. The molecule has 133 heavy (non-hydrogen) atoms. The third kappa shape index (κ3) is 23.2. The quantitative estimate of drug-likeness (QED) is 0.0236. The van der Waals surface area contributed by atoms with Gasteiger partial charge in [0.05, 0.1) is 101 Å². The van der Waals surface area contributed by atoms with Gasteiger partial charge in [0.25, 0.3) is 0 Å². The van der Waals surface area contributed by atoms with Gasteiger partial charge < -0.3 is 95.3 Å². The van der Waals surface area contributed by atoms with Crippen molar-refractivity contribution in [2.24, 2.45) is 5.92 Å². The number of likely N-dealkylation sites (tertiary alicyclic amines) is 1. The first-order valence-electron chi connectivity index (χ1n) is 44.9. The van der Waals surface area contributed by atoms with E-state index in [0.717, 1.165) is 199 Å². The van der Waals surface area contributed by atoms with Crippen molar-refractivity contribution in [1.29, 1.82) is 0 Å². The number of ether oxygens (including phenoxy) is 4. The van der Waals surface area contributed by atoms with Gasteiger partial charge in [-0.1, -0.05) is 156 Å². The number of aliphatic hydroxyl groups is 2. The normalized spacial score (nSPS) is 17.3. The summed E-state index contributed by atoms with van der Waals surface area (Å²) in [7, 11) is 0. The molecule has 5 fully saturated rings. The zero-order valence-electron chi connectivity index (χ0n) is 73.7. The summed E-state index contributed by atoms with van der Waals surface area (Å²) in [6.07, 6.45) is 3.52. The molecule has 21 rings (SSSR count). The van der Waals surface area contributed by atoms with Crippen molar-refractivity contribution >= 4 is 163 Å². The van der Waals surface area contributed by atoms with Gasteiger partial charge in [-0.25, -0.2) is 0 Å². The van der Waals surface area contributed by atoms with Crippen LogP contribution in [-0.2, 0) is 18.9 Å². The Morgan fingerprint density at radius 3 is 0.992 bits per heavy atom. The van der Waals surface area contributed by atoms with Crippen molar-refractivity contribution in [3.8, 4) is 45.0 Å². The number of hydrogen-bond donors (Lipinski definition) is 10. The number of aromatic nitrogens is 4. The summed E-state index contributed by atoms with van der Waals surface area (Å²) in [5, 5.41) is 29.9. The molecule has 0 radical (unpaired) electrons. The molecule has 0 aliphatic carbocycles. The minimum Gasteiger partial charge on any atom is -0.399 e. The summed E-state index contributed by atoms with van der Waals surface area (Å²) in [4.78, 5) is 92.4. The molecule has 4 unspecified atom stereocenters. The van der Waals surface area contributed by atoms with Gasteiger partial charge in [0, 0.05) is 254 Å². The van der Waals surface area contributed by atoms with Crippen molar-refractivity contribution in [2.45, 2.75) is 130 Å². The highest BCUT2D eigenvalue weighted by atomic mass is 35.5. The topological polar surface area (TPSA) is 287 Å². The minimum atomic E-state index is -0.180. The molecule has 13 heterocycles.